The predicted molar refractivity (Wildman–Crippen MR) is 61.0 cm³/mol. The van der Waals surface area contributed by atoms with Gasteiger partial charge in [0.25, 0.3) is 0 Å². The first-order chi connectivity index (χ1) is 7.06. The molecule has 1 aliphatic heterocycles. The number of carbonyl (C=O) groups excluding carboxylic acids is 1. The summed E-state index contributed by atoms with van der Waals surface area (Å²) in [6.07, 6.45) is -0.227. The zero-order valence-corrected chi connectivity index (χ0v) is 10.7. The number of nitrogens with zero attached hydrogens (tertiary/aromatic N) is 1. The maximum absolute atomic E-state index is 11.9. The summed E-state index contributed by atoms with van der Waals surface area (Å²) in [5.74, 6) is 0.361. The zero-order valence-electron chi connectivity index (χ0n) is 9.15. The molecule has 0 aromatic rings. The van der Waals surface area contributed by atoms with Crippen LogP contribution in [0.4, 0.5) is 0 Å². The van der Waals surface area contributed by atoms with Crippen molar-refractivity contribution >= 4 is 21.8 Å². The summed E-state index contributed by atoms with van der Waals surface area (Å²) in [7, 11) is 0. The number of hydrogen-bond donors (Lipinski definition) is 1. The highest BCUT2D eigenvalue weighted by Crippen LogP contribution is 2.17. The van der Waals surface area contributed by atoms with Gasteiger partial charge in [-0.3, -0.25) is 4.79 Å². The van der Waals surface area contributed by atoms with Crippen molar-refractivity contribution in [1.29, 1.82) is 0 Å². The summed E-state index contributed by atoms with van der Waals surface area (Å²) in [6.45, 7) is 5.59. The number of aliphatic hydroxyl groups excluding tert-OH is 1. The smallest absolute Gasteiger partial charge is 0.236 e. The summed E-state index contributed by atoms with van der Waals surface area (Å²) in [5, 5.41) is 8.96. The Bertz CT molecular complexity index is 223. The summed E-state index contributed by atoms with van der Waals surface area (Å²) in [6, 6.07) is 0. The van der Waals surface area contributed by atoms with Gasteiger partial charge in [-0.1, -0.05) is 29.8 Å². The number of halogens is 1. The van der Waals surface area contributed by atoms with Gasteiger partial charge in [0.1, 0.15) is 0 Å². The number of carbonyl (C=O) groups is 1. The van der Waals surface area contributed by atoms with E-state index >= 15 is 0 Å². The van der Waals surface area contributed by atoms with Crippen molar-refractivity contribution in [1.82, 2.24) is 4.90 Å². The van der Waals surface area contributed by atoms with Gasteiger partial charge in [-0.25, -0.2) is 0 Å². The Morgan fingerprint density at radius 1 is 1.67 bits per heavy atom. The lowest BCUT2D eigenvalue weighted by Gasteiger charge is -2.34. The van der Waals surface area contributed by atoms with Crippen LogP contribution in [0.15, 0.2) is 0 Å². The second kappa shape index (κ2) is 5.82. The van der Waals surface area contributed by atoms with E-state index in [0.29, 0.717) is 19.7 Å². The maximum Gasteiger partial charge on any atom is 0.236 e. The van der Waals surface area contributed by atoms with Crippen LogP contribution in [0.3, 0.4) is 0 Å². The van der Waals surface area contributed by atoms with Gasteiger partial charge in [0.05, 0.1) is 24.1 Å². The van der Waals surface area contributed by atoms with Gasteiger partial charge in [0.2, 0.25) is 5.91 Å². The molecule has 1 amide bonds. The van der Waals surface area contributed by atoms with Crippen LogP contribution in [0.2, 0.25) is 0 Å². The molecule has 0 bridgehead atoms. The Morgan fingerprint density at radius 3 is 2.87 bits per heavy atom. The first kappa shape index (κ1) is 12.9. The minimum absolute atomic E-state index is 0.0294. The summed E-state index contributed by atoms with van der Waals surface area (Å²) < 4.78 is 5.29. The lowest BCUT2D eigenvalue weighted by molar-refractivity contribution is -0.140. The van der Waals surface area contributed by atoms with E-state index < -0.39 is 0 Å². The van der Waals surface area contributed by atoms with E-state index in [1.54, 1.807) is 4.90 Å². The predicted octanol–water partition coefficient (Wildman–Crippen LogP) is 0.626. The standard InChI is InChI=1S/C10H18BrNO3/c1-7(2)9(11)10(14)12-3-4-15-8(5-12)6-13/h7-9,13H,3-6H2,1-2H3. The van der Waals surface area contributed by atoms with E-state index in [4.69, 9.17) is 9.84 Å². The molecule has 1 aliphatic rings. The monoisotopic (exact) mass is 279 g/mol. The van der Waals surface area contributed by atoms with Gasteiger partial charge in [-0.15, -0.1) is 0 Å². The molecule has 4 nitrogen and oxygen atoms in total. The van der Waals surface area contributed by atoms with Gasteiger partial charge < -0.3 is 14.7 Å². The van der Waals surface area contributed by atoms with Gasteiger partial charge in [-0.2, -0.15) is 0 Å². The molecule has 2 unspecified atom stereocenters. The van der Waals surface area contributed by atoms with E-state index in [1.807, 2.05) is 13.8 Å². The number of aliphatic hydroxyl groups is 1. The molecule has 15 heavy (non-hydrogen) atoms. The number of hydrogen-bond acceptors (Lipinski definition) is 3. The fraction of sp³-hybridized carbons (Fsp3) is 0.900. The molecule has 0 aromatic heterocycles. The Labute approximate surface area is 98.7 Å². The number of morpholine rings is 1. The third kappa shape index (κ3) is 3.43. The van der Waals surface area contributed by atoms with Crippen LogP contribution in [0.1, 0.15) is 13.8 Å². The lowest BCUT2D eigenvalue weighted by atomic mass is 10.1. The molecular weight excluding hydrogens is 262 g/mol. The molecule has 1 heterocycles. The quantitative estimate of drug-likeness (QED) is 0.771. The summed E-state index contributed by atoms with van der Waals surface area (Å²) >= 11 is 3.39. The third-order valence-electron chi connectivity index (χ3n) is 2.48. The number of ether oxygens (including phenoxy) is 1. The largest absolute Gasteiger partial charge is 0.394 e. The fourth-order valence-electron chi connectivity index (χ4n) is 1.49. The number of amides is 1. The van der Waals surface area contributed by atoms with E-state index in [9.17, 15) is 4.79 Å². The van der Waals surface area contributed by atoms with E-state index in [0.717, 1.165) is 0 Å². The molecule has 0 radical (unpaired) electrons. The van der Waals surface area contributed by atoms with Crippen molar-refractivity contribution < 1.29 is 14.6 Å². The SMILES string of the molecule is CC(C)C(Br)C(=O)N1CCOC(CO)C1. The first-order valence-corrected chi connectivity index (χ1v) is 6.13. The maximum atomic E-state index is 11.9. The van der Waals surface area contributed by atoms with Crippen LogP contribution in [-0.2, 0) is 9.53 Å². The number of rotatable bonds is 3. The van der Waals surface area contributed by atoms with Crippen molar-refractivity contribution in [2.24, 2.45) is 5.92 Å². The molecule has 1 fully saturated rings. The summed E-state index contributed by atoms with van der Waals surface area (Å²) in [4.78, 5) is 13.6. The Hall–Kier alpha value is -0.130. The van der Waals surface area contributed by atoms with E-state index in [2.05, 4.69) is 15.9 Å². The molecular formula is C10H18BrNO3. The molecule has 1 rings (SSSR count). The highest BCUT2D eigenvalue weighted by atomic mass is 79.9. The van der Waals surface area contributed by atoms with Crippen molar-refractivity contribution in [3.63, 3.8) is 0 Å². The highest BCUT2D eigenvalue weighted by molar-refractivity contribution is 9.10. The molecule has 1 saturated heterocycles. The van der Waals surface area contributed by atoms with Crippen LogP contribution in [0.25, 0.3) is 0 Å². The van der Waals surface area contributed by atoms with Crippen molar-refractivity contribution in [2.45, 2.75) is 24.8 Å². The molecule has 1 N–H and O–H groups in total. The second-order valence-electron chi connectivity index (χ2n) is 4.11. The van der Waals surface area contributed by atoms with Gasteiger partial charge in [0.15, 0.2) is 0 Å². The van der Waals surface area contributed by atoms with Gasteiger partial charge >= 0.3 is 0 Å². The zero-order chi connectivity index (χ0) is 11.4. The highest BCUT2D eigenvalue weighted by Gasteiger charge is 2.29. The van der Waals surface area contributed by atoms with Crippen LogP contribution < -0.4 is 0 Å². The molecule has 2 atom stereocenters. The third-order valence-corrected chi connectivity index (χ3v) is 3.92. The van der Waals surface area contributed by atoms with Gasteiger partial charge in [0, 0.05) is 13.1 Å². The molecule has 0 aliphatic carbocycles. The van der Waals surface area contributed by atoms with E-state index in [1.165, 1.54) is 0 Å². The van der Waals surface area contributed by atoms with Crippen LogP contribution >= 0.6 is 15.9 Å². The Morgan fingerprint density at radius 2 is 2.33 bits per heavy atom. The molecule has 0 aromatic carbocycles. The first-order valence-electron chi connectivity index (χ1n) is 5.21. The minimum atomic E-state index is -0.227. The van der Waals surface area contributed by atoms with Crippen LogP contribution in [-0.4, -0.2) is 53.1 Å². The van der Waals surface area contributed by atoms with Crippen LogP contribution in [0.5, 0.6) is 0 Å². The van der Waals surface area contributed by atoms with Gasteiger partial charge in [-0.05, 0) is 5.92 Å². The number of alkyl halides is 1. The van der Waals surface area contributed by atoms with Crippen molar-refractivity contribution in [3.8, 4) is 0 Å². The second-order valence-corrected chi connectivity index (χ2v) is 5.09. The van der Waals surface area contributed by atoms with Crippen molar-refractivity contribution in [3.05, 3.63) is 0 Å². The fourth-order valence-corrected chi connectivity index (χ4v) is 1.78. The van der Waals surface area contributed by atoms with E-state index in [-0.39, 0.29) is 29.4 Å². The molecule has 0 saturated carbocycles. The molecule has 0 spiro atoms. The lowest BCUT2D eigenvalue weighted by Crippen LogP contribution is -2.49. The topological polar surface area (TPSA) is 49.8 Å². The summed E-state index contributed by atoms with van der Waals surface area (Å²) in [5.41, 5.74) is 0. The average Bonchev–Trinajstić information content (AvgIpc) is 2.27. The average molecular weight is 280 g/mol. The Kier molecular flexibility index (Phi) is 5.02. The Balaban J connectivity index is 2.52. The molecule has 5 heteroatoms. The minimum Gasteiger partial charge on any atom is -0.394 e. The molecule has 88 valence electrons. The van der Waals surface area contributed by atoms with Crippen LogP contribution in [0, 0.1) is 5.92 Å². The van der Waals surface area contributed by atoms with Crippen molar-refractivity contribution in [2.75, 3.05) is 26.3 Å². The normalized spacial score (nSPS) is 24.3.